The van der Waals surface area contributed by atoms with E-state index in [0.29, 0.717) is 0 Å². The Morgan fingerprint density at radius 3 is 2.42 bits per heavy atom. The van der Waals surface area contributed by atoms with Gasteiger partial charge in [-0.2, -0.15) is 0 Å². The van der Waals surface area contributed by atoms with E-state index in [1.165, 1.54) is 0 Å². The fourth-order valence-electron chi connectivity index (χ4n) is 0.753. The van der Waals surface area contributed by atoms with Crippen molar-refractivity contribution in [2.24, 2.45) is 0 Å². The largest absolute Gasteiger partial charge is 0.475 e. The Morgan fingerprint density at radius 2 is 1.92 bits per heavy atom. The molecule has 0 bridgehead atoms. The van der Waals surface area contributed by atoms with Crippen molar-refractivity contribution >= 4 is 0 Å². The van der Waals surface area contributed by atoms with Crippen molar-refractivity contribution in [2.75, 3.05) is 14.1 Å². The van der Waals surface area contributed by atoms with Gasteiger partial charge in [0.2, 0.25) is 0 Å². The summed E-state index contributed by atoms with van der Waals surface area (Å²) < 4.78 is 5.58. The average Bonchev–Trinajstić information content (AvgIpc) is 2.06. The molecule has 1 aromatic rings. The summed E-state index contributed by atoms with van der Waals surface area (Å²) in [6.45, 7) is 2.01. The van der Waals surface area contributed by atoms with E-state index in [-0.39, 0.29) is 6.23 Å². The highest BCUT2D eigenvalue weighted by molar-refractivity contribution is 5.20. The maximum atomic E-state index is 5.58. The number of rotatable bonds is 3. The van der Waals surface area contributed by atoms with Gasteiger partial charge in [-0.3, -0.25) is 4.90 Å². The van der Waals surface area contributed by atoms with Gasteiger partial charge in [0.05, 0.1) is 0 Å². The van der Waals surface area contributed by atoms with Gasteiger partial charge in [0.1, 0.15) is 12.0 Å². The minimum absolute atomic E-state index is 0.104. The highest BCUT2D eigenvalue weighted by Gasteiger charge is 2.04. The van der Waals surface area contributed by atoms with Crippen LogP contribution in [0.3, 0.4) is 0 Å². The number of hydrogen-bond acceptors (Lipinski definition) is 2. The zero-order valence-corrected chi connectivity index (χ0v) is 7.74. The lowest BCUT2D eigenvalue weighted by molar-refractivity contribution is 0.0815. The number of ether oxygens (including phenoxy) is 1. The standard InChI is InChI=1S/C10H14NO/c1-9(11(2)3)12-10-7-5-4-6-8-10/h5-9H,1-3H3. The SMILES string of the molecule is CC(Oc1cc[c]cc1)N(C)C. The molecule has 1 rings (SSSR count). The fraction of sp³-hybridized carbons (Fsp3) is 0.400. The van der Waals surface area contributed by atoms with E-state index in [0.717, 1.165) is 5.75 Å². The van der Waals surface area contributed by atoms with Gasteiger partial charge in [-0.05, 0) is 39.2 Å². The molecule has 1 radical (unpaired) electrons. The summed E-state index contributed by atoms with van der Waals surface area (Å²) in [7, 11) is 3.97. The first-order valence-corrected chi connectivity index (χ1v) is 3.99. The van der Waals surface area contributed by atoms with E-state index in [4.69, 9.17) is 4.74 Å². The average molecular weight is 164 g/mol. The normalized spacial score (nSPS) is 13.0. The molecule has 0 aliphatic heterocycles. The zero-order chi connectivity index (χ0) is 8.97. The Morgan fingerprint density at radius 1 is 1.33 bits per heavy atom. The topological polar surface area (TPSA) is 12.5 Å². The Balaban J connectivity index is 2.53. The molecule has 2 nitrogen and oxygen atoms in total. The van der Waals surface area contributed by atoms with Gasteiger partial charge in [0.15, 0.2) is 0 Å². The zero-order valence-electron chi connectivity index (χ0n) is 7.74. The van der Waals surface area contributed by atoms with Gasteiger partial charge < -0.3 is 4.74 Å². The van der Waals surface area contributed by atoms with Crippen molar-refractivity contribution in [2.45, 2.75) is 13.2 Å². The molecule has 65 valence electrons. The highest BCUT2D eigenvalue weighted by Crippen LogP contribution is 2.10. The highest BCUT2D eigenvalue weighted by atomic mass is 16.5. The van der Waals surface area contributed by atoms with Gasteiger partial charge in [0, 0.05) is 0 Å². The van der Waals surface area contributed by atoms with Crippen LogP contribution in [0.2, 0.25) is 0 Å². The van der Waals surface area contributed by atoms with E-state index in [1.807, 2.05) is 50.2 Å². The fourth-order valence-corrected chi connectivity index (χ4v) is 0.753. The molecule has 2 heteroatoms. The summed E-state index contributed by atoms with van der Waals surface area (Å²) in [6.07, 6.45) is 0.104. The molecule has 0 saturated carbocycles. The van der Waals surface area contributed by atoms with Crippen molar-refractivity contribution in [3.63, 3.8) is 0 Å². The van der Waals surface area contributed by atoms with Gasteiger partial charge in [0.25, 0.3) is 0 Å². The Bertz CT molecular complexity index is 221. The molecular formula is C10H14NO. The quantitative estimate of drug-likeness (QED) is 0.631. The molecule has 0 aromatic heterocycles. The summed E-state index contributed by atoms with van der Waals surface area (Å²) in [6, 6.07) is 10.4. The molecule has 1 aromatic carbocycles. The van der Waals surface area contributed by atoms with E-state index in [9.17, 15) is 0 Å². The predicted molar refractivity (Wildman–Crippen MR) is 49.1 cm³/mol. The molecule has 0 amide bonds. The molecule has 1 atom stereocenters. The van der Waals surface area contributed by atoms with Gasteiger partial charge in [-0.25, -0.2) is 0 Å². The lowest BCUT2D eigenvalue weighted by Crippen LogP contribution is -2.30. The Labute approximate surface area is 73.8 Å². The van der Waals surface area contributed by atoms with Crippen LogP contribution in [0.25, 0.3) is 0 Å². The Hall–Kier alpha value is -1.02. The second-order valence-corrected chi connectivity index (χ2v) is 2.92. The minimum Gasteiger partial charge on any atom is -0.475 e. The molecule has 0 fully saturated rings. The van der Waals surface area contributed by atoms with Crippen molar-refractivity contribution in [1.82, 2.24) is 4.90 Å². The van der Waals surface area contributed by atoms with Crippen molar-refractivity contribution in [3.8, 4) is 5.75 Å². The van der Waals surface area contributed by atoms with Crippen LogP contribution in [-0.4, -0.2) is 25.2 Å². The van der Waals surface area contributed by atoms with Crippen LogP contribution >= 0.6 is 0 Å². The molecule has 0 N–H and O–H groups in total. The van der Waals surface area contributed by atoms with Crippen LogP contribution in [0, 0.1) is 6.07 Å². The third kappa shape index (κ3) is 2.55. The molecule has 0 spiro atoms. The van der Waals surface area contributed by atoms with Gasteiger partial charge in [-0.1, -0.05) is 12.1 Å². The summed E-state index contributed by atoms with van der Waals surface area (Å²) in [4.78, 5) is 2.01. The lowest BCUT2D eigenvalue weighted by Gasteiger charge is -2.20. The third-order valence-corrected chi connectivity index (χ3v) is 1.72. The van der Waals surface area contributed by atoms with E-state index >= 15 is 0 Å². The van der Waals surface area contributed by atoms with Crippen molar-refractivity contribution in [1.29, 1.82) is 0 Å². The van der Waals surface area contributed by atoms with Crippen LogP contribution in [0.4, 0.5) is 0 Å². The minimum atomic E-state index is 0.104. The summed E-state index contributed by atoms with van der Waals surface area (Å²) in [5.41, 5.74) is 0. The van der Waals surface area contributed by atoms with Crippen molar-refractivity contribution in [3.05, 3.63) is 30.3 Å². The molecule has 0 aliphatic rings. The Kier molecular flexibility index (Phi) is 3.11. The monoisotopic (exact) mass is 164 g/mol. The first-order chi connectivity index (χ1) is 5.70. The number of hydrogen-bond donors (Lipinski definition) is 0. The summed E-state index contributed by atoms with van der Waals surface area (Å²) >= 11 is 0. The van der Waals surface area contributed by atoms with E-state index in [1.54, 1.807) is 0 Å². The molecule has 0 saturated heterocycles. The van der Waals surface area contributed by atoms with Crippen LogP contribution in [0.15, 0.2) is 24.3 Å². The lowest BCUT2D eigenvalue weighted by atomic mass is 10.3. The second kappa shape index (κ2) is 4.12. The predicted octanol–water partition coefficient (Wildman–Crippen LogP) is 1.77. The van der Waals surface area contributed by atoms with E-state index in [2.05, 4.69) is 6.07 Å². The molecule has 12 heavy (non-hydrogen) atoms. The molecule has 0 heterocycles. The van der Waals surface area contributed by atoms with Crippen LogP contribution in [-0.2, 0) is 0 Å². The molecule has 0 aliphatic carbocycles. The maximum absolute atomic E-state index is 5.58. The van der Waals surface area contributed by atoms with Gasteiger partial charge >= 0.3 is 0 Å². The maximum Gasteiger partial charge on any atom is 0.149 e. The van der Waals surface area contributed by atoms with Crippen molar-refractivity contribution < 1.29 is 4.74 Å². The first kappa shape index (κ1) is 9.07. The van der Waals surface area contributed by atoms with Gasteiger partial charge in [-0.15, -0.1) is 0 Å². The third-order valence-electron chi connectivity index (χ3n) is 1.72. The van der Waals surface area contributed by atoms with Crippen LogP contribution in [0.5, 0.6) is 5.75 Å². The molecule has 1 unspecified atom stereocenters. The second-order valence-electron chi connectivity index (χ2n) is 2.92. The molecular weight excluding hydrogens is 150 g/mol. The number of benzene rings is 1. The van der Waals surface area contributed by atoms with Crippen LogP contribution < -0.4 is 4.74 Å². The summed E-state index contributed by atoms with van der Waals surface area (Å²) in [5, 5.41) is 0. The summed E-state index contributed by atoms with van der Waals surface area (Å²) in [5.74, 6) is 0.884. The smallest absolute Gasteiger partial charge is 0.149 e. The first-order valence-electron chi connectivity index (χ1n) is 3.99. The van der Waals surface area contributed by atoms with Crippen LogP contribution in [0.1, 0.15) is 6.92 Å². The van der Waals surface area contributed by atoms with E-state index < -0.39 is 0 Å². The number of nitrogens with zero attached hydrogens (tertiary/aromatic N) is 1.